The van der Waals surface area contributed by atoms with Crippen molar-refractivity contribution >= 4 is 6.20 Å². The Bertz CT molecular complexity index is 323. The van der Waals surface area contributed by atoms with Crippen molar-refractivity contribution in [2.24, 2.45) is 7.05 Å². The Balaban J connectivity index is 2.37. The molecular formula is C14H25N2+. The molecule has 0 N–H and O–H groups in total. The van der Waals surface area contributed by atoms with Crippen LogP contribution in [0.25, 0.3) is 6.20 Å². The molecule has 1 aromatic rings. The van der Waals surface area contributed by atoms with Crippen LogP contribution >= 0.6 is 0 Å². The first-order valence-corrected chi connectivity index (χ1v) is 6.51. The standard InChI is InChI=1S/C14H25N2/c1-4-6-7-8-9-10-11-16-13-12-15(3)14(16)5-2/h10-13H,4-9H2,1-3H3/q+1. The Morgan fingerprint density at radius 3 is 2.75 bits per heavy atom. The van der Waals surface area contributed by atoms with E-state index in [1.54, 1.807) is 0 Å². The molecule has 0 atom stereocenters. The lowest BCUT2D eigenvalue weighted by atomic mass is 10.1. The van der Waals surface area contributed by atoms with Gasteiger partial charge in [0, 0.05) is 6.42 Å². The van der Waals surface area contributed by atoms with Crippen LogP contribution in [-0.2, 0) is 13.5 Å². The van der Waals surface area contributed by atoms with Gasteiger partial charge in [-0.15, -0.1) is 0 Å². The van der Waals surface area contributed by atoms with Crippen LogP contribution in [0.4, 0.5) is 0 Å². The van der Waals surface area contributed by atoms with E-state index < -0.39 is 0 Å². The third-order valence-corrected chi connectivity index (χ3v) is 2.96. The molecule has 0 amide bonds. The Hall–Kier alpha value is -1.05. The maximum absolute atomic E-state index is 2.29. The summed E-state index contributed by atoms with van der Waals surface area (Å²) in [4.78, 5) is 0. The number of hydrogen-bond donors (Lipinski definition) is 0. The number of imidazole rings is 1. The van der Waals surface area contributed by atoms with Crippen LogP contribution < -0.4 is 4.57 Å². The lowest BCUT2D eigenvalue weighted by Gasteiger charge is -1.95. The third-order valence-electron chi connectivity index (χ3n) is 2.96. The van der Waals surface area contributed by atoms with E-state index in [0.29, 0.717) is 0 Å². The average molecular weight is 221 g/mol. The average Bonchev–Trinajstić information content (AvgIpc) is 2.64. The number of rotatable bonds is 7. The molecule has 0 aromatic carbocycles. The summed E-state index contributed by atoms with van der Waals surface area (Å²) >= 11 is 0. The second kappa shape index (κ2) is 7.26. The zero-order chi connectivity index (χ0) is 11.8. The highest BCUT2D eigenvalue weighted by atomic mass is 15.1. The summed E-state index contributed by atoms with van der Waals surface area (Å²) in [6.45, 7) is 4.45. The number of unbranched alkanes of at least 4 members (excludes halogenated alkanes) is 4. The molecule has 0 radical (unpaired) electrons. The highest BCUT2D eigenvalue weighted by molar-refractivity contribution is 5.22. The van der Waals surface area contributed by atoms with Crippen molar-refractivity contribution in [3.8, 4) is 0 Å². The van der Waals surface area contributed by atoms with E-state index in [4.69, 9.17) is 0 Å². The number of aryl methyl sites for hydroxylation is 1. The Labute approximate surface area is 99.6 Å². The van der Waals surface area contributed by atoms with Gasteiger partial charge in [-0.2, -0.15) is 0 Å². The van der Waals surface area contributed by atoms with Crippen molar-refractivity contribution in [1.82, 2.24) is 4.57 Å². The molecule has 0 saturated carbocycles. The van der Waals surface area contributed by atoms with Gasteiger partial charge in [0.15, 0.2) is 0 Å². The molecule has 0 spiro atoms. The predicted octanol–water partition coefficient (Wildman–Crippen LogP) is 3.32. The second-order valence-corrected chi connectivity index (χ2v) is 4.32. The monoisotopic (exact) mass is 221 g/mol. The van der Waals surface area contributed by atoms with E-state index in [1.807, 2.05) is 0 Å². The van der Waals surface area contributed by atoms with Gasteiger partial charge in [0.05, 0.1) is 13.2 Å². The number of aromatic nitrogens is 2. The molecule has 90 valence electrons. The van der Waals surface area contributed by atoms with E-state index in [9.17, 15) is 0 Å². The largest absolute Gasteiger partial charge is 0.260 e. The number of allylic oxidation sites excluding steroid dienone is 1. The molecule has 0 bridgehead atoms. The van der Waals surface area contributed by atoms with Gasteiger partial charge in [0.2, 0.25) is 0 Å². The summed E-state index contributed by atoms with van der Waals surface area (Å²) < 4.78 is 4.40. The molecule has 0 aliphatic rings. The van der Waals surface area contributed by atoms with E-state index in [-0.39, 0.29) is 0 Å². The van der Waals surface area contributed by atoms with Crippen LogP contribution in [0.5, 0.6) is 0 Å². The minimum absolute atomic E-state index is 1.07. The van der Waals surface area contributed by atoms with E-state index in [2.05, 4.69) is 54.7 Å². The van der Waals surface area contributed by atoms with Crippen LogP contribution in [0.15, 0.2) is 18.5 Å². The van der Waals surface area contributed by atoms with Gasteiger partial charge in [-0.1, -0.05) is 33.1 Å². The molecular weight excluding hydrogens is 196 g/mol. The van der Waals surface area contributed by atoms with Crippen LogP contribution in [0, 0.1) is 0 Å². The fourth-order valence-corrected chi connectivity index (χ4v) is 1.97. The van der Waals surface area contributed by atoms with Gasteiger partial charge < -0.3 is 0 Å². The molecule has 2 heteroatoms. The maximum atomic E-state index is 2.29. The van der Waals surface area contributed by atoms with Crippen molar-refractivity contribution in [2.75, 3.05) is 0 Å². The summed E-state index contributed by atoms with van der Waals surface area (Å²) in [6, 6.07) is 0. The summed E-state index contributed by atoms with van der Waals surface area (Å²) in [5, 5.41) is 0. The topological polar surface area (TPSA) is 8.81 Å². The van der Waals surface area contributed by atoms with Crippen LogP contribution in [0.3, 0.4) is 0 Å². The van der Waals surface area contributed by atoms with Crippen LogP contribution in [0.2, 0.25) is 0 Å². The quantitative estimate of drug-likeness (QED) is 0.493. The molecule has 0 saturated heterocycles. The smallest absolute Gasteiger partial charge is 0.237 e. The zero-order valence-corrected chi connectivity index (χ0v) is 10.9. The zero-order valence-electron chi connectivity index (χ0n) is 10.9. The first-order valence-electron chi connectivity index (χ1n) is 6.51. The van der Waals surface area contributed by atoms with Crippen molar-refractivity contribution in [3.63, 3.8) is 0 Å². The van der Waals surface area contributed by atoms with Gasteiger partial charge in [-0.3, -0.25) is 0 Å². The lowest BCUT2D eigenvalue weighted by Crippen LogP contribution is -2.31. The normalized spacial score (nSPS) is 11.4. The third kappa shape index (κ3) is 3.84. The molecule has 1 rings (SSSR count). The Morgan fingerprint density at radius 2 is 2.06 bits per heavy atom. The minimum atomic E-state index is 1.07. The van der Waals surface area contributed by atoms with Gasteiger partial charge >= 0.3 is 0 Å². The highest BCUT2D eigenvalue weighted by Gasteiger charge is 2.08. The van der Waals surface area contributed by atoms with Gasteiger partial charge in [-0.05, 0) is 18.9 Å². The maximum Gasteiger partial charge on any atom is 0.260 e. The first kappa shape index (κ1) is 13.0. The lowest BCUT2D eigenvalue weighted by molar-refractivity contribution is -0.678. The summed E-state index contributed by atoms with van der Waals surface area (Å²) in [6.07, 6.45) is 16.4. The Morgan fingerprint density at radius 1 is 1.25 bits per heavy atom. The molecule has 0 unspecified atom stereocenters. The summed E-state index contributed by atoms with van der Waals surface area (Å²) in [5.41, 5.74) is 0. The van der Waals surface area contributed by atoms with Gasteiger partial charge in [0.25, 0.3) is 5.82 Å². The molecule has 0 aliphatic carbocycles. The van der Waals surface area contributed by atoms with E-state index in [0.717, 1.165) is 6.42 Å². The molecule has 0 fully saturated rings. The second-order valence-electron chi connectivity index (χ2n) is 4.32. The van der Waals surface area contributed by atoms with E-state index in [1.165, 1.54) is 37.9 Å². The van der Waals surface area contributed by atoms with Crippen molar-refractivity contribution in [1.29, 1.82) is 0 Å². The van der Waals surface area contributed by atoms with Crippen LogP contribution in [-0.4, -0.2) is 4.57 Å². The van der Waals surface area contributed by atoms with Crippen molar-refractivity contribution < 1.29 is 4.57 Å². The molecule has 1 aromatic heterocycles. The predicted molar refractivity (Wildman–Crippen MR) is 69.1 cm³/mol. The Kier molecular flexibility index (Phi) is 5.91. The van der Waals surface area contributed by atoms with Crippen LogP contribution in [0.1, 0.15) is 51.8 Å². The van der Waals surface area contributed by atoms with Crippen molar-refractivity contribution in [2.45, 2.75) is 52.4 Å². The fourth-order valence-electron chi connectivity index (χ4n) is 1.97. The number of hydrogen-bond acceptors (Lipinski definition) is 0. The van der Waals surface area contributed by atoms with Gasteiger partial charge in [0.1, 0.15) is 12.4 Å². The van der Waals surface area contributed by atoms with E-state index >= 15 is 0 Å². The fraction of sp³-hybridized carbons (Fsp3) is 0.643. The van der Waals surface area contributed by atoms with Crippen molar-refractivity contribution in [3.05, 3.63) is 24.3 Å². The van der Waals surface area contributed by atoms with Gasteiger partial charge in [-0.25, -0.2) is 9.13 Å². The molecule has 0 aliphatic heterocycles. The first-order chi connectivity index (χ1) is 7.79. The highest BCUT2D eigenvalue weighted by Crippen LogP contribution is 2.04. The molecule has 2 nitrogen and oxygen atoms in total. The number of nitrogens with zero attached hydrogens (tertiary/aromatic N) is 2. The molecule has 1 heterocycles. The summed E-state index contributed by atoms with van der Waals surface area (Å²) in [7, 11) is 2.10. The summed E-state index contributed by atoms with van der Waals surface area (Å²) in [5.74, 6) is 1.35. The SMILES string of the molecule is CCCCCCC=Cn1cc[n+](C)c1CC. The minimum Gasteiger partial charge on any atom is -0.237 e. The molecule has 16 heavy (non-hydrogen) atoms.